The van der Waals surface area contributed by atoms with Crippen molar-refractivity contribution in [3.63, 3.8) is 0 Å². The molecule has 4 nitrogen and oxygen atoms in total. The smallest absolute Gasteiger partial charge is 0.398 e. The van der Waals surface area contributed by atoms with Crippen molar-refractivity contribution in [2.45, 2.75) is 32.2 Å². The maximum absolute atomic E-state index is 13.9. The van der Waals surface area contributed by atoms with E-state index in [1.165, 1.54) is 30.3 Å². The number of amidine groups is 1. The second-order valence-electron chi connectivity index (χ2n) is 8.16. The van der Waals surface area contributed by atoms with Gasteiger partial charge in [0.1, 0.15) is 5.84 Å². The minimum absolute atomic E-state index is 0.0153. The summed E-state index contributed by atoms with van der Waals surface area (Å²) in [6.07, 6.45) is -8.61. The number of halogens is 6. The predicted octanol–water partition coefficient (Wildman–Crippen LogP) is 7.34. The number of nitrogens with one attached hydrogen (secondary N) is 2. The molecule has 0 aromatic heterocycles. The Bertz CT molecular complexity index is 1280. The van der Waals surface area contributed by atoms with Gasteiger partial charge >= 0.3 is 12.4 Å². The molecule has 4 N–H and O–H groups in total. The number of alkyl halides is 6. The molecule has 37 heavy (non-hydrogen) atoms. The first-order chi connectivity index (χ1) is 17.4. The summed E-state index contributed by atoms with van der Waals surface area (Å²) in [6.45, 7) is 5.71. The first-order valence-electron chi connectivity index (χ1n) is 11.4. The Morgan fingerprint density at radius 2 is 1.49 bits per heavy atom. The molecular weight excluding hydrogens is 494 g/mol. The quantitative estimate of drug-likeness (QED) is 0.126. The van der Waals surface area contributed by atoms with Crippen LogP contribution in [0.3, 0.4) is 0 Å². The van der Waals surface area contributed by atoms with Gasteiger partial charge in [-0.2, -0.15) is 26.3 Å². The van der Waals surface area contributed by atoms with Gasteiger partial charge in [-0.1, -0.05) is 49.9 Å². The van der Waals surface area contributed by atoms with Crippen molar-refractivity contribution in [2.24, 2.45) is 4.99 Å². The fraction of sp³-hybridized carbons (Fsp3) is 0.222. The maximum Gasteiger partial charge on any atom is 0.417 e. The molecule has 0 aliphatic heterocycles. The highest BCUT2D eigenvalue weighted by Gasteiger charge is 2.35. The number of hydrogen-bond acceptors (Lipinski definition) is 3. The van der Waals surface area contributed by atoms with Crippen molar-refractivity contribution in [1.82, 2.24) is 5.32 Å². The first kappa shape index (κ1) is 27.6. The van der Waals surface area contributed by atoms with Crippen LogP contribution in [0.25, 0.3) is 5.70 Å². The lowest BCUT2D eigenvalue weighted by Gasteiger charge is -2.22. The van der Waals surface area contributed by atoms with Gasteiger partial charge in [0.2, 0.25) is 0 Å². The molecular formula is C27H26F6N4. The molecule has 0 fully saturated rings. The Morgan fingerprint density at radius 3 is 2.14 bits per heavy atom. The van der Waals surface area contributed by atoms with Crippen LogP contribution in [-0.4, -0.2) is 12.4 Å². The number of nitrogen functional groups attached to an aromatic ring is 1. The van der Waals surface area contributed by atoms with E-state index in [4.69, 9.17) is 5.73 Å². The largest absolute Gasteiger partial charge is 0.417 e. The summed E-state index contributed by atoms with van der Waals surface area (Å²) in [5.74, 6) is -0.0153. The molecule has 0 spiro atoms. The maximum atomic E-state index is 13.9. The van der Waals surface area contributed by atoms with Crippen LogP contribution in [0.1, 0.15) is 41.2 Å². The number of benzene rings is 3. The molecule has 0 unspecified atom stereocenters. The molecule has 0 saturated carbocycles. The van der Waals surface area contributed by atoms with Crippen molar-refractivity contribution >= 4 is 22.9 Å². The molecule has 0 bridgehead atoms. The molecule has 10 heteroatoms. The predicted molar refractivity (Wildman–Crippen MR) is 135 cm³/mol. The van der Waals surface area contributed by atoms with E-state index in [1.807, 2.05) is 6.92 Å². The SMILES string of the molecule is C=C(NC(=NCc1ccccc1C(F)(F)F)c1ccccc1N)c1c(NCCC)cccc1C(F)(F)F. The van der Waals surface area contributed by atoms with Crippen LogP contribution in [-0.2, 0) is 18.9 Å². The molecule has 3 aromatic carbocycles. The Labute approximate surface area is 210 Å². The molecule has 3 rings (SSSR count). The average Bonchev–Trinajstić information content (AvgIpc) is 2.84. The summed E-state index contributed by atoms with van der Waals surface area (Å²) in [4.78, 5) is 4.31. The Hall–Kier alpha value is -3.95. The lowest BCUT2D eigenvalue weighted by molar-refractivity contribution is -0.138. The van der Waals surface area contributed by atoms with Crippen molar-refractivity contribution in [3.8, 4) is 0 Å². The molecule has 0 atom stereocenters. The first-order valence-corrected chi connectivity index (χ1v) is 11.4. The molecule has 0 amide bonds. The molecule has 0 radical (unpaired) electrons. The molecule has 0 heterocycles. The lowest BCUT2D eigenvalue weighted by atomic mass is 10.0. The van der Waals surface area contributed by atoms with Crippen LogP contribution in [0, 0.1) is 0 Å². The fourth-order valence-corrected chi connectivity index (χ4v) is 3.73. The minimum Gasteiger partial charge on any atom is -0.398 e. The van der Waals surface area contributed by atoms with E-state index in [0.29, 0.717) is 18.5 Å². The second-order valence-corrected chi connectivity index (χ2v) is 8.16. The van der Waals surface area contributed by atoms with Gasteiger partial charge in [0.05, 0.1) is 17.7 Å². The van der Waals surface area contributed by atoms with Crippen molar-refractivity contribution in [2.75, 3.05) is 17.6 Å². The van der Waals surface area contributed by atoms with Crippen molar-refractivity contribution in [1.29, 1.82) is 0 Å². The van der Waals surface area contributed by atoms with Crippen molar-refractivity contribution in [3.05, 3.63) is 101 Å². The van der Waals surface area contributed by atoms with E-state index in [1.54, 1.807) is 24.3 Å². The van der Waals surface area contributed by atoms with Gasteiger partial charge in [-0.15, -0.1) is 0 Å². The standard InChI is InChI=1S/C27H26F6N4/c1-3-15-35-23-14-8-12-21(27(31,32)33)24(23)17(2)37-25(19-10-5-7-13-22(19)34)36-16-18-9-4-6-11-20(18)26(28,29)30/h4-14,35H,2-3,15-16,34H2,1H3,(H,36,37). The topological polar surface area (TPSA) is 62.4 Å². The highest BCUT2D eigenvalue weighted by atomic mass is 19.4. The highest BCUT2D eigenvalue weighted by Crippen LogP contribution is 2.38. The number of aliphatic imine (C=N–C) groups is 1. The van der Waals surface area contributed by atoms with Gasteiger partial charge in [0.25, 0.3) is 0 Å². The number of anilines is 2. The van der Waals surface area contributed by atoms with Gasteiger partial charge in [-0.25, -0.2) is 0 Å². The van der Waals surface area contributed by atoms with Crippen LogP contribution < -0.4 is 16.4 Å². The van der Waals surface area contributed by atoms with E-state index in [2.05, 4.69) is 22.2 Å². The number of para-hydroxylation sites is 1. The summed E-state index contributed by atoms with van der Waals surface area (Å²) in [7, 11) is 0. The highest BCUT2D eigenvalue weighted by molar-refractivity contribution is 6.07. The summed E-state index contributed by atoms with van der Waals surface area (Å²) < 4.78 is 82.2. The van der Waals surface area contributed by atoms with Gasteiger partial charge in [0, 0.05) is 34.7 Å². The number of hydrogen-bond donors (Lipinski definition) is 3. The molecule has 3 aromatic rings. The minimum atomic E-state index is -4.68. The van der Waals surface area contributed by atoms with Gasteiger partial charge in [0.15, 0.2) is 0 Å². The zero-order valence-corrected chi connectivity index (χ0v) is 20.0. The van der Waals surface area contributed by atoms with E-state index in [0.717, 1.165) is 12.1 Å². The molecule has 0 aliphatic carbocycles. The third kappa shape index (κ3) is 6.84. The fourth-order valence-electron chi connectivity index (χ4n) is 3.73. The van der Waals surface area contributed by atoms with Crippen LogP contribution in [0.2, 0.25) is 0 Å². The van der Waals surface area contributed by atoms with E-state index in [-0.39, 0.29) is 34.0 Å². The zero-order chi connectivity index (χ0) is 27.2. The summed E-state index contributed by atoms with van der Waals surface area (Å²) in [6, 6.07) is 15.1. The Kier molecular flexibility index (Phi) is 8.52. The number of nitrogens with zero attached hydrogens (tertiary/aromatic N) is 1. The monoisotopic (exact) mass is 520 g/mol. The lowest BCUT2D eigenvalue weighted by Crippen LogP contribution is -2.26. The van der Waals surface area contributed by atoms with Gasteiger partial charge < -0.3 is 16.4 Å². The summed E-state index contributed by atoms with van der Waals surface area (Å²) in [5.41, 5.74) is 4.58. The number of nitrogens with two attached hydrogens (primary N) is 1. The van der Waals surface area contributed by atoms with E-state index < -0.39 is 30.0 Å². The third-order valence-electron chi connectivity index (χ3n) is 5.45. The Morgan fingerprint density at radius 1 is 0.865 bits per heavy atom. The summed E-state index contributed by atoms with van der Waals surface area (Å²) in [5, 5.41) is 5.77. The van der Waals surface area contributed by atoms with E-state index in [9.17, 15) is 26.3 Å². The van der Waals surface area contributed by atoms with Crippen LogP contribution in [0.5, 0.6) is 0 Å². The van der Waals surface area contributed by atoms with Crippen molar-refractivity contribution < 1.29 is 26.3 Å². The number of rotatable bonds is 8. The summed E-state index contributed by atoms with van der Waals surface area (Å²) >= 11 is 0. The Balaban J connectivity index is 2.08. The third-order valence-corrected chi connectivity index (χ3v) is 5.45. The molecule has 196 valence electrons. The van der Waals surface area contributed by atoms with E-state index >= 15 is 0 Å². The molecule has 0 saturated heterocycles. The van der Waals surface area contributed by atoms with Gasteiger partial charge in [-0.05, 0) is 42.3 Å². The van der Waals surface area contributed by atoms with Crippen LogP contribution >= 0.6 is 0 Å². The van der Waals surface area contributed by atoms with Crippen LogP contribution in [0.15, 0.2) is 78.3 Å². The molecule has 0 aliphatic rings. The second kappa shape index (κ2) is 11.4. The zero-order valence-electron chi connectivity index (χ0n) is 20.0. The van der Waals surface area contributed by atoms with Crippen LogP contribution in [0.4, 0.5) is 37.7 Å². The normalized spacial score (nSPS) is 12.4. The average molecular weight is 521 g/mol. The van der Waals surface area contributed by atoms with Gasteiger partial charge in [-0.3, -0.25) is 4.99 Å².